The number of aromatic nitrogens is 1. The minimum atomic E-state index is -0.0706. The SMILES string of the molecule is CC(C)(C)C1CCc2nc(SCCC(=O)Nc3ccc(Oc4ccccc4)cc3)c(C#N)cc2C1. The van der Waals surface area contributed by atoms with Gasteiger partial charge in [-0.05, 0) is 78.6 Å². The number of benzene rings is 2. The summed E-state index contributed by atoms with van der Waals surface area (Å²) < 4.78 is 5.79. The van der Waals surface area contributed by atoms with Crippen molar-refractivity contribution in [3.63, 3.8) is 0 Å². The van der Waals surface area contributed by atoms with Gasteiger partial charge in [-0.2, -0.15) is 5.26 Å². The number of nitrogens with zero attached hydrogens (tertiary/aromatic N) is 2. The summed E-state index contributed by atoms with van der Waals surface area (Å²) in [4.78, 5) is 17.3. The molecule has 3 aromatic rings. The molecule has 35 heavy (non-hydrogen) atoms. The Kier molecular flexibility index (Phi) is 7.77. The second-order valence-electron chi connectivity index (χ2n) is 9.95. The lowest BCUT2D eigenvalue weighted by molar-refractivity contribution is -0.115. The normalized spacial score (nSPS) is 15.1. The first-order valence-electron chi connectivity index (χ1n) is 12.0. The van der Waals surface area contributed by atoms with Gasteiger partial charge in [-0.15, -0.1) is 11.8 Å². The van der Waals surface area contributed by atoms with Crippen LogP contribution in [-0.2, 0) is 17.6 Å². The highest BCUT2D eigenvalue weighted by molar-refractivity contribution is 7.99. The van der Waals surface area contributed by atoms with E-state index in [1.807, 2.05) is 60.7 Å². The van der Waals surface area contributed by atoms with E-state index in [0.29, 0.717) is 29.4 Å². The minimum Gasteiger partial charge on any atom is -0.457 e. The monoisotopic (exact) mass is 485 g/mol. The summed E-state index contributed by atoms with van der Waals surface area (Å²) >= 11 is 1.48. The summed E-state index contributed by atoms with van der Waals surface area (Å²) in [6, 6.07) is 21.2. The second kappa shape index (κ2) is 11.0. The molecule has 0 saturated heterocycles. The molecule has 5 nitrogen and oxygen atoms in total. The van der Waals surface area contributed by atoms with Crippen LogP contribution < -0.4 is 10.1 Å². The van der Waals surface area contributed by atoms with Crippen LogP contribution in [0, 0.1) is 22.7 Å². The van der Waals surface area contributed by atoms with Gasteiger partial charge in [0, 0.05) is 23.6 Å². The zero-order valence-electron chi connectivity index (χ0n) is 20.5. The number of pyridine rings is 1. The number of rotatable bonds is 7. The number of fused-ring (bicyclic) bond motifs is 1. The lowest BCUT2D eigenvalue weighted by atomic mass is 9.71. The summed E-state index contributed by atoms with van der Waals surface area (Å²) in [6.07, 6.45) is 3.38. The van der Waals surface area contributed by atoms with Gasteiger partial charge < -0.3 is 10.1 Å². The van der Waals surface area contributed by atoms with E-state index >= 15 is 0 Å². The Morgan fingerprint density at radius 3 is 2.54 bits per heavy atom. The average molecular weight is 486 g/mol. The maximum Gasteiger partial charge on any atom is 0.225 e. The van der Waals surface area contributed by atoms with Crippen molar-refractivity contribution in [2.75, 3.05) is 11.1 Å². The third kappa shape index (κ3) is 6.64. The number of aryl methyl sites for hydroxylation is 1. The number of amides is 1. The number of nitrogens with one attached hydrogen (secondary N) is 1. The van der Waals surface area contributed by atoms with E-state index in [9.17, 15) is 10.1 Å². The first kappa shape index (κ1) is 24.8. The van der Waals surface area contributed by atoms with Crippen LogP contribution in [0.5, 0.6) is 11.5 Å². The lowest BCUT2D eigenvalue weighted by Crippen LogP contribution is -2.27. The van der Waals surface area contributed by atoms with Crippen molar-refractivity contribution in [3.8, 4) is 17.6 Å². The molecule has 1 N–H and O–H groups in total. The Labute approximate surface area is 211 Å². The average Bonchev–Trinajstić information content (AvgIpc) is 2.84. The Balaban J connectivity index is 1.30. The van der Waals surface area contributed by atoms with E-state index in [0.717, 1.165) is 41.4 Å². The van der Waals surface area contributed by atoms with Gasteiger partial charge in [0.2, 0.25) is 5.91 Å². The number of ether oxygens (including phenoxy) is 1. The van der Waals surface area contributed by atoms with Crippen LogP contribution in [0.1, 0.15) is 50.4 Å². The molecule has 4 rings (SSSR count). The van der Waals surface area contributed by atoms with Crippen LogP contribution in [-0.4, -0.2) is 16.6 Å². The highest BCUT2D eigenvalue weighted by Crippen LogP contribution is 2.38. The first-order chi connectivity index (χ1) is 16.8. The Bertz CT molecular complexity index is 1210. The number of carbonyl (C=O) groups is 1. The molecule has 6 heteroatoms. The number of hydrogen-bond donors (Lipinski definition) is 1. The number of hydrogen-bond acceptors (Lipinski definition) is 5. The molecule has 0 radical (unpaired) electrons. The molecule has 0 spiro atoms. The van der Waals surface area contributed by atoms with Crippen LogP contribution in [0.2, 0.25) is 0 Å². The quantitative estimate of drug-likeness (QED) is 0.364. The Morgan fingerprint density at radius 2 is 1.86 bits per heavy atom. The molecular weight excluding hydrogens is 454 g/mol. The van der Waals surface area contributed by atoms with Crippen LogP contribution in [0.25, 0.3) is 0 Å². The molecule has 1 heterocycles. The van der Waals surface area contributed by atoms with Crippen molar-refractivity contribution < 1.29 is 9.53 Å². The molecule has 1 amide bonds. The predicted molar refractivity (Wildman–Crippen MR) is 141 cm³/mol. The summed E-state index contributed by atoms with van der Waals surface area (Å²) in [6.45, 7) is 6.84. The van der Waals surface area contributed by atoms with Crippen LogP contribution in [0.4, 0.5) is 5.69 Å². The fraction of sp³-hybridized carbons (Fsp3) is 0.345. The van der Waals surface area contributed by atoms with Crippen molar-refractivity contribution in [1.82, 2.24) is 4.98 Å². The third-order valence-corrected chi connectivity index (χ3v) is 7.38. The van der Waals surface area contributed by atoms with Crippen LogP contribution >= 0.6 is 11.8 Å². The zero-order chi connectivity index (χ0) is 24.8. The molecular formula is C29H31N3O2S. The Morgan fingerprint density at radius 1 is 1.14 bits per heavy atom. The smallest absolute Gasteiger partial charge is 0.225 e. The molecule has 1 atom stereocenters. The largest absolute Gasteiger partial charge is 0.457 e. The fourth-order valence-electron chi connectivity index (χ4n) is 4.27. The van der Waals surface area contributed by atoms with Crippen molar-refractivity contribution in [1.29, 1.82) is 5.26 Å². The summed E-state index contributed by atoms with van der Waals surface area (Å²) in [5.41, 5.74) is 3.89. The summed E-state index contributed by atoms with van der Waals surface area (Å²) in [5, 5.41) is 13.3. The van der Waals surface area contributed by atoms with Gasteiger partial charge in [-0.1, -0.05) is 39.0 Å². The van der Waals surface area contributed by atoms with E-state index in [4.69, 9.17) is 9.72 Å². The molecule has 180 valence electrons. The van der Waals surface area contributed by atoms with Crippen molar-refractivity contribution in [2.24, 2.45) is 11.3 Å². The molecule has 0 saturated carbocycles. The van der Waals surface area contributed by atoms with Gasteiger partial charge in [0.25, 0.3) is 0 Å². The molecule has 0 fully saturated rings. The van der Waals surface area contributed by atoms with Gasteiger partial charge in [-0.3, -0.25) is 4.79 Å². The minimum absolute atomic E-state index is 0.0706. The maximum atomic E-state index is 12.5. The molecule has 1 unspecified atom stereocenters. The van der Waals surface area contributed by atoms with Crippen LogP contribution in [0.3, 0.4) is 0 Å². The zero-order valence-corrected chi connectivity index (χ0v) is 21.3. The molecule has 1 aromatic heterocycles. The van der Waals surface area contributed by atoms with E-state index in [1.165, 1.54) is 17.3 Å². The lowest BCUT2D eigenvalue weighted by Gasteiger charge is -2.34. The number of carbonyl (C=O) groups excluding carboxylic acids is 1. The van der Waals surface area contributed by atoms with Gasteiger partial charge in [0.1, 0.15) is 22.6 Å². The van der Waals surface area contributed by atoms with Gasteiger partial charge in [0.15, 0.2) is 0 Å². The number of thioether (sulfide) groups is 1. The van der Waals surface area contributed by atoms with Crippen molar-refractivity contribution in [3.05, 3.63) is 77.5 Å². The van der Waals surface area contributed by atoms with Crippen LogP contribution in [0.15, 0.2) is 65.7 Å². The number of nitriles is 1. The predicted octanol–water partition coefficient (Wildman–Crippen LogP) is 7.02. The van der Waals surface area contributed by atoms with Gasteiger partial charge in [0.05, 0.1) is 5.56 Å². The van der Waals surface area contributed by atoms with E-state index in [1.54, 1.807) is 0 Å². The van der Waals surface area contributed by atoms with E-state index in [-0.39, 0.29) is 11.3 Å². The maximum absolute atomic E-state index is 12.5. The van der Waals surface area contributed by atoms with Gasteiger partial charge >= 0.3 is 0 Å². The molecule has 0 aliphatic heterocycles. The molecule has 1 aliphatic carbocycles. The number of anilines is 1. The van der Waals surface area contributed by atoms with Crippen molar-refractivity contribution in [2.45, 2.75) is 51.5 Å². The van der Waals surface area contributed by atoms with Crippen molar-refractivity contribution >= 4 is 23.4 Å². The first-order valence-corrected chi connectivity index (χ1v) is 13.0. The third-order valence-electron chi connectivity index (χ3n) is 6.38. The van der Waals surface area contributed by atoms with Gasteiger partial charge in [-0.25, -0.2) is 4.98 Å². The summed E-state index contributed by atoms with van der Waals surface area (Å²) in [5.74, 6) is 2.57. The highest BCUT2D eigenvalue weighted by atomic mass is 32.2. The summed E-state index contributed by atoms with van der Waals surface area (Å²) in [7, 11) is 0. The molecule has 1 aliphatic rings. The topological polar surface area (TPSA) is 75.0 Å². The highest BCUT2D eigenvalue weighted by Gasteiger charge is 2.30. The second-order valence-corrected chi connectivity index (χ2v) is 11.0. The van der Waals surface area contributed by atoms with E-state index in [2.05, 4.69) is 32.2 Å². The number of para-hydroxylation sites is 1. The Hall–Kier alpha value is -3.30. The van der Waals surface area contributed by atoms with E-state index < -0.39 is 0 Å². The fourth-order valence-corrected chi connectivity index (χ4v) is 5.19. The standard InChI is InChI=1S/C29H31N3O2S/c1-29(2,3)22-9-14-26-20(18-22)17-21(19-30)28(32-26)35-16-15-27(33)31-23-10-12-25(13-11-23)34-24-7-5-4-6-8-24/h4-8,10-13,17,22H,9,14-16,18H2,1-3H3,(H,31,33). The molecule has 0 bridgehead atoms. The molecule has 2 aromatic carbocycles.